The zero-order valence-electron chi connectivity index (χ0n) is 15.8. The Hall–Kier alpha value is -2.54. The molecule has 0 unspecified atom stereocenters. The Morgan fingerprint density at radius 1 is 1.11 bits per heavy atom. The van der Waals surface area contributed by atoms with E-state index in [1.165, 1.54) is 0 Å². The van der Waals surface area contributed by atoms with Crippen molar-refractivity contribution in [2.45, 2.75) is 46.6 Å². The molecule has 0 saturated carbocycles. The number of nitrogens with one attached hydrogen (secondary N) is 2. The Kier molecular flexibility index (Phi) is 7.67. The number of aryl methyl sites for hydroxylation is 4. The number of benzene rings is 1. The van der Waals surface area contributed by atoms with Crippen LogP contribution in [0.5, 0.6) is 5.75 Å². The standard InChI is InChI=1S/C19H25ClN4O3/c1-13-11-16(20)6-7-17(13)27-10-4-5-18(25)21-22-19(26)8-9-24-15(3)12-14(2)23-24/h6-7,11-12H,4-5,8-10H2,1-3H3,(H,21,25)(H,22,26). The van der Waals surface area contributed by atoms with Gasteiger partial charge in [0.15, 0.2) is 0 Å². The van der Waals surface area contributed by atoms with Gasteiger partial charge in [-0.15, -0.1) is 0 Å². The third kappa shape index (κ3) is 6.94. The summed E-state index contributed by atoms with van der Waals surface area (Å²) in [5.41, 5.74) is 7.69. The van der Waals surface area contributed by atoms with Crippen LogP contribution >= 0.6 is 11.6 Å². The summed E-state index contributed by atoms with van der Waals surface area (Å²) in [7, 11) is 0. The monoisotopic (exact) mass is 392 g/mol. The Morgan fingerprint density at radius 3 is 2.44 bits per heavy atom. The minimum absolute atomic E-state index is 0.237. The second-order valence-corrected chi connectivity index (χ2v) is 6.79. The van der Waals surface area contributed by atoms with Gasteiger partial charge in [-0.3, -0.25) is 25.1 Å². The lowest BCUT2D eigenvalue weighted by atomic mass is 10.2. The first kappa shape index (κ1) is 20.8. The summed E-state index contributed by atoms with van der Waals surface area (Å²) in [5.74, 6) is 0.229. The number of hydrogen-bond acceptors (Lipinski definition) is 4. The summed E-state index contributed by atoms with van der Waals surface area (Å²) < 4.78 is 7.40. The third-order valence-electron chi connectivity index (χ3n) is 3.94. The fourth-order valence-electron chi connectivity index (χ4n) is 2.56. The maximum atomic E-state index is 11.8. The van der Waals surface area contributed by atoms with Crippen molar-refractivity contribution in [2.75, 3.05) is 6.61 Å². The average Bonchev–Trinajstić information content (AvgIpc) is 2.94. The molecule has 0 spiro atoms. The number of halogens is 1. The molecule has 0 aliphatic carbocycles. The van der Waals surface area contributed by atoms with Crippen molar-refractivity contribution in [1.82, 2.24) is 20.6 Å². The molecule has 8 heteroatoms. The molecule has 0 saturated heterocycles. The first-order valence-electron chi connectivity index (χ1n) is 8.83. The van der Waals surface area contributed by atoms with E-state index in [2.05, 4.69) is 16.0 Å². The molecule has 146 valence electrons. The van der Waals surface area contributed by atoms with Gasteiger partial charge in [0.05, 0.1) is 18.8 Å². The Bertz CT molecular complexity index is 804. The lowest BCUT2D eigenvalue weighted by molar-refractivity contribution is -0.129. The molecule has 2 amide bonds. The van der Waals surface area contributed by atoms with Gasteiger partial charge in [-0.2, -0.15) is 5.10 Å². The lowest BCUT2D eigenvalue weighted by Crippen LogP contribution is -2.42. The molecule has 0 aliphatic heterocycles. The molecule has 0 radical (unpaired) electrons. The average molecular weight is 393 g/mol. The molecule has 27 heavy (non-hydrogen) atoms. The van der Waals surface area contributed by atoms with Crippen molar-refractivity contribution >= 4 is 23.4 Å². The number of carbonyl (C=O) groups excluding carboxylic acids is 2. The first-order chi connectivity index (χ1) is 12.8. The molecule has 0 fully saturated rings. The zero-order valence-corrected chi connectivity index (χ0v) is 16.6. The molecule has 0 bridgehead atoms. The maximum absolute atomic E-state index is 11.8. The topological polar surface area (TPSA) is 85.2 Å². The molecule has 0 aliphatic rings. The van der Waals surface area contributed by atoms with Gasteiger partial charge in [0.1, 0.15) is 5.75 Å². The minimum atomic E-state index is -0.260. The number of aromatic nitrogens is 2. The highest BCUT2D eigenvalue weighted by molar-refractivity contribution is 6.30. The predicted octanol–water partition coefficient (Wildman–Crippen LogP) is 2.86. The zero-order chi connectivity index (χ0) is 19.8. The second kappa shape index (κ2) is 9.97. The summed E-state index contributed by atoms with van der Waals surface area (Å²) >= 11 is 5.90. The number of rotatable bonds is 8. The van der Waals surface area contributed by atoms with E-state index in [4.69, 9.17) is 16.3 Å². The van der Waals surface area contributed by atoms with E-state index >= 15 is 0 Å². The van der Waals surface area contributed by atoms with Crippen LogP contribution in [-0.4, -0.2) is 28.2 Å². The van der Waals surface area contributed by atoms with Gasteiger partial charge < -0.3 is 4.74 Å². The van der Waals surface area contributed by atoms with Crippen LogP contribution in [0, 0.1) is 20.8 Å². The summed E-state index contributed by atoms with van der Waals surface area (Å²) in [4.78, 5) is 23.6. The molecule has 7 nitrogen and oxygen atoms in total. The second-order valence-electron chi connectivity index (χ2n) is 6.36. The molecule has 1 heterocycles. The van der Waals surface area contributed by atoms with E-state index in [9.17, 15) is 9.59 Å². The summed E-state index contributed by atoms with van der Waals surface area (Å²) in [6.45, 7) is 6.63. The van der Waals surface area contributed by atoms with Crippen molar-refractivity contribution < 1.29 is 14.3 Å². The molecule has 2 rings (SSSR count). The number of nitrogens with zero attached hydrogens (tertiary/aromatic N) is 2. The van der Waals surface area contributed by atoms with Crippen LogP contribution in [0.25, 0.3) is 0 Å². The van der Waals surface area contributed by atoms with Crippen LogP contribution in [0.15, 0.2) is 24.3 Å². The van der Waals surface area contributed by atoms with Gasteiger partial charge >= 0.3 is 0 Å². The van der Waals surface area contributed by atoms with Crippen LogP contribution in [0.2, 0.25) is 5.02 Å². The summed E-state index contributed by atoms with van der Waals surface area (Å²) in [6, 6.07) is 7.34. The summed E-state index contributed by atoms with van der Waals surface area (Å²) in [6.07, 6.45) is 1.03. The Balaban J connectivity index is 1.60. The maximum Gasteiger partial charge on any atom is 0.240 e. The number of hydrogen-bond donors (Lipinski definition) is 2. The van der Waals surface area contributed by atoms with Gasteiger partial charge in [-0.25, -0.2) is 0 Å². The molecular formula is C19H25ClN4O3. The van der Waals surface area contributed by atoms with Gasteiger partial charge in [-0.1, -0.05) is 11.6 Å². The fourth-order valence-corrected chi connectivity index (χ4v) is 2.79. The molecule has 2 aromatic rings. The number of carbonyl (C=O) groups is 2. The summed E-state index contributed by atoms with van der Waals surface area (Å²) in [5, 5.41) is 4.95. The first-order valence-corrected chi connectivity index (χ1v) is 9.20. The van der Waals surface area contributed by atoms with Crippen molar-refractivity contribution in [3.63, 3.8) is 0 Å². The van der Waals surface area contributed by atoms with Crippen LogP contribution in [0.1, 0.15) is 36.2 Å². The van der Waals surface area contributed by atoms with Gasteiger partial charge in [0.2, 0.25) is 11.8 Å². The van der Waals surface area contributed by atoms with Crippen LogP contribution in [-0.2, 0) is 16.1 Å². The molecule has 1 aromatic heterocycles. The van der Waals surface area contributed by atoms with Crippen molar-refractivity contribution in [3.8, 4) is 5.75 Å². The highest BCUT2D eigenvalue weighted by Gasteiger charge is 2.07. The SMILES string of the molecule is Cc1cc(C)n(CCC(=O)NNC(=O)CCCOc2ccc(Cl)cc2C)n1. The molecule has 2 N–H and O–H groups in total. The third-order valence-corrected chi connectivity index (χ3v) is 4.17. The van der Waals surface area contributed by atoms with Gasteiger partial charge in [-0.05, 0) is 57.0 Å². The molecule has 0 atom stereocenters. The van der Waals surface area contributed by atoms with Gasteiger partial charge in [0.25, 0.3) is 0 Å². The van der Waals surface area contributed by atoms with E-state index in [0.29, 0.717) is 24.6 Å². The van der Waals surface area contributed by atoms with Crippen LogP contribution in [0.3, 0.4) is 0 Å². The quantitative estimate of drug-likeness (QED) is 0.534. The highest BCUT2D eigenvalue weighted by Crippen LogP contribution is 2.21. The Morgan fingerprint density at radius 2 is 1.81 bits per heavy atom. The van der Waals surface area contributed by atoms with E-state index < -0.39 is 0 Å². The normalized spacial score (nSPS) is 10.5. The Labute approximate surface area is 164 Å². The lowest BCUT2D eigenvalue weighted by Gasteiger charge is -2.10. The number of ether oxygens (including phenoxy) is 1. The number of amides is 2. The van der Waals surface area contributed by atoms with E-state index in [-0.39, 0.29) is 24.7 Å². The van der Waals surface area contributed by atoms with Crippen molar-refractivity contribution in [3.05, 3.63) is 46.2 Å². The van der Waals surface area contributed by atoms with Crippen molar-refractivity contribution in [2.24, 2.45) is 0 Å². The van der Waals surface area contributed by atoms with E-state index in [0.717, 1.165) is 22.7 Å². The fraction of sp³-hybridized carbons (Fsp3) is 0.421. The van der Waals surface area contributed by atoms with E-state index in [1.54, 1.807) is 16.8 Å². The molecule has 1 aromatic carbocycles. The van der Waals surface area contributed by atoms with E-state index in [1.807, 2.05) is 32.9 Å². The highest BCUT2D eigenvalue weighted by atomic mass is 35.5. The minimum Gasteiger partial charge on any atom is -0.493 e. The molecular weight excluding hydrogens is 368 g/mol. The van der Waals surface area contributed by atoms with Crippen molar-refractivity contribution in [1.29, 1.82) is 0 Å². The van der Waals surface area contributed by atoms with Crippen LogP contribution < -0.4 is 15.6 Å². The largest absolute Gasteiger partial charge is 0.493 e. The smallest absolute Gasteiger partial charge is 0.240 e. The predicted molar refractivity (Wildman–Crippen MR) is 104 cm³/mol. The van der Waals surface area contributed by atoms with Gasteiger partial charge in [0, 0.05) is 23.6 Å². The van der Waals surface area contributed by atoms with Crippen LogP contribution in [0.4, 0.5) is 0 Å². The number of hydrazine groups is 1.